The summed E-state index contributed by atoms with van der Waals surface area (Å²) < 4.78 is 0. The van der Waals surface area contributed by atoms with Crippen molar-refractivity contribution >= 4 is 11.6 Å². The zero-order valence-corrected chi connectivity index (χ0v) is 8.01. The molecule has 0 amide bonds. The lowest BCUT2D eigenvalue weighted by Gasteiger charge is -2.37. The van der Waals surface area contributed by atoms with Crippen molar-refractivity contribution in [2.24, 2.45) is 0 Å². The average Bonchev–Trinajstić information content (AvgIpc) is 2.06. The number of hydrogen-bond acceptors (Lipinski definition) is 2. The van der Waals surface area contributed by atoms with Crippen LogP contribution in [0.2, 0.25) is 5.02 Å². The highest BCUT2D eigenvalue weighted by Crippen LogP contribution is 2.23. The summed E-state index contributed by atoms with van der Waals surface area (Å²) >= 11 is 5.98. The molecule has 1 aliphatic heterocycles. The minimum atomic E-state index is -0.578. The lowest BCUT2D eigenvalue weighted by molar-refractivity contribution is -0.00900. The van der Waals surface area contributed by atoms with E-state index in [0.717, 1.165) is 10.6 Å². The van der Waals surface area contributed by atoms with Crippen molar-refractivity contribution < 1.29 is 5.11 Å². The van der Waals surface area contributed by atoms with Gasteiger partial charge in [0.1, 0.15) is 0 Å². The molecule has 70 valence electrons. The topological polar surface area (TPSA) is 32.3 Å². The monoisotopic (exact) mass is 197 g/mol. The van der Waals surface area contributed by atoms with Crippen molar-refractivity contribution in [1.29, 1.82) is 0 Å². The zero-order chi connectivity index (χ0) is 9.31. The highest BCUT2D eigenvalue weighted by Gasteiger charge is 2.34. The van der Waals surface area contributed by atoms with E-state index in [2.05, 4.69) is 5.32 Å². The highest BCUT2D eigenvalue weighted by atomic mass is 35.5. The molecule has 0 saturated carbocycles. The Morgan fingerprint density at radius 3 is 2.62 bits per heavy atom. The predicted molar refractivity (Wildman–Crippen MR) is 53.0 cm³/mol. The Hall–Kier alpha value is -0.570. The predicted octanol–water partition coefficient (Wildman–Crippen LogP) is 1.22. The van der Waals surface area contributed by atoms with Crippen molar-refractivity contribution in [3.05, 3.63) is 34.9 Å². The highest BCUT2D eigenvalue weighted by molar-refractivity contribution is 6.31. The minimum absolute atomic E-state index is 0.578. The fraction of sp³-hybridized carbons (Fsp3) is 0.400. The summed E-state index contributed by atoms with van der Waals surface area (Å²) in [6, 6.07) is 7.65. The first-order valence-corrected chi connectivity index (χ1v) is 4.74. The molecule has 1 aliphatic rings. The number of hydrogen-bond donors (Lipinski definition) is 2. The molecule has 2 nitrogen and oxygen atoms in total. The molecule has 2 N–H and O–H groups in total. The van der Waals surface area contributed by atoms with Gasteiger partial charge < -0.3 is 10.4 Å². The molecule has 0 aliphatic carbocycles. The Labute approximate surface area is 82.5 Å². The molecule has 0 bridgehead atoms. The second-order valence-corrected chi connectivity index (χ2v) is 4.00. The van der Waals surface area contributed by atoms with Crippen molar-refractivity contribution in [3.8, 4) is 0 Å². The van der Waals surface area contributed by atoms with Crippen LogP contribution in [0.4, 0.5) is 0 Å². The second-order valence-electron chi connectivity index (χ2n) is 3.60. The first-order valence-electron chi connectivity index (χ1n) is 4.36. The number of nitrogens with one attached hydrogen (secondary N) is 1. The molecule has 1 heterocycles. The van der Waals surface area contributed by atoms with Gasteiger partial charge in [-0.05, 0) is 11.6 Å². The Balaban J connectivity index is 2.13. The summed E-state index contributed by atoms with van der Waals surface area (Å²) in [5.74, 6) is 0. The maximum Gasteiger partial charge on any atom is 0.0935 e. The van der Waals surface area contributed by atoms with Crippen LogP contribution in [0.1, 0.15) is 5.56 Å². The zero-order valence-electron chi connectivity index (χ0n) is 7.26. The van der Waals surface area contributed by atoms with Gasteiger partial charge in [0.25, 0.3) is 0 Å². The van der Waals surface area contributed by atoms with Gasteiger partial charge in [-0.2, -0.15) is 0 Å². The summed E-state index contributed by atoms with van der Waals surface area (Å²) in [6.45, 7) is 1.33. The van der Waals surface area contributed by atoms with Crippen LogP contribution in [0.25, 0.3) is 0 Å². The molecule has 0 atom stereocenters. The van der Waals surface area contributed by atoms with Gasteiger partial charge in [0.2, 0.25) is 0 Å². The van der Waals surface area contributed by atoms with Gasteiger partial charge in [-0.15, -0.1) is 0 Å². The smallest absolute Gasteiger partial charge is 0.0935 e. The Kier molecular flexibility index (Phi) is 2.28. The number of benzene rings is 1. The van der Waals surface area contributed by atoms with Gasteiger partial charge in [-0.1, -0.05) is 29.8 Å². The molecule has 0 unspecified atom stereocenters. The maximum absolute atomic E-state index is 9.87. The largest absolute Gasteiger partial charge is 0.387 e. The molecule has 0 spiro atoms. The first-order chi connectivity index (χ1) is 6.20. The molecule has 1 fully saturated rings. The lowest BCUT2D eigenvalue weighted by atomic mass is 9.89. The third kappa shape index (κ3) is 1.85. The molecule has 1 aromatic carbocycles. The van der Waals surface area contributed by atoms with Crippen molar-refractivity contribution in [3.63, 3.8) is 0 Å². The van der Waals surface area contributed by atoms with Crippen LogP contribution in [0, 0.1) is 0 Å². The standard InChI is InChI=1S/C10H12ClNO/c11-9-4-2-1-3-8(9)5-10(13)6-12-7-10/h1-4,12-13H,5-7H2. The summed E-state index contributed by atoms with van der Waals surface area (Å²) in [4.78, 5) is 0. The molecule has 1 saturated heterocycles. The van der Waals surface area contributed by atoms with Gasteiger partial charge in [0.05, 0.1) is 5.60 Å². The SMILES string of the molecule is OC1(Cc2ccccc2Cl)CNC1. The molecule has 2 rings (SSSR count). The fourth-order valence-electron chi connectivity index (χ4n) is 1.53. The minimum Gasteiger partial charge on any atom is -0.387 e. The molecule has 0 aromatic heterocycles. The fourth-order valence-corrected chi connectivity index (χ4v) is 1.74. The third-order valence-electron chi connectivity index (χ3n) is 2.39. The van der Waals surface area contributed by atoms with Crippen LogP contribution in [0.15, 0.2) is 24.3 Å². The van der Waals surface area contributed by atoms with Crippen LogP contribution < -0.4 is 5.32 Å². The van der Waals surface area contributed by atoms with E-state index in [1.54, 1.807) is 0 Å². The quantitative estimate of drug-likeness (QED) is 0.747. The van der Waals surface area contributed by atoms with E-state index in [9.17, 15) is 5.11 Å². The first kappa shape index (κ1) is 9.00. The van der Waals surface area contributed by atoms with Crippen molar-refractivity contribution in [2.45, 2.75) is 12.0 Å². The van der Waals surface area contributed by atoms with Crippen LogP contribution in [-0.2, 0) is 6.42 Å². The van der Waals surface area contributed by atoms with E-state index in [1.165, 1.54) is 0 Å². The number of rotatable bonds is 2. The lowest BCUT2D eigenvalue weighted by Crippen LogP contribution is -2.60. The summed E-state index contributed by atoms with van der Waals surface area (Å²) in [5.41, 5.74) is 0.443. The number of halogens is 1. The van der Waals surface area contributed by atoms with Crippen LogP contribution in [-0.4, -0.2) is 23.8 Å². The van der Waals surface area contributed by atoms with E-state index < -0.39 is 5.60 Å². The summed E-state index contributed by atoms with van der Waals surface area (Å²) in [6.07, 6.45) is 0.639. The van der Waals surface area contributed by atoms with E-state index in [4.69, 9.17) is 11.6 Å². The molecular formula is C10H12ClNO. The second kappa shape index (κ2) is 3.29. The van der Waals surface area contributed by atoms with Gasteiger partial charge in [-0.25, -0.2) is 0 Å². The van der Waals surface area contributed by atoms with Crippen molar-refractivity contribution in [2.75, 3.05) is 13.1 Å². The maximum atomic E-state index is 9.87. The summed E-state index contributed by atoms with van der Waals surface area (Å²) in [7, 11) is 0. The molecular weight excluding hydrogens is 186 g/mol. The number of aliphatic hydroxyl groups is 1. The van der Waals surface area contributed by atoms with Gasteiger partial charge in [0, 0.05) is 24.5 Å². The van der Waals surface area contributed by atoms with Crippen molar-refractivity contribution in [1.82, 2.24) is 5.32 Å². The Bertz CT molecular complexity index is 310. The van der Waals surface area contributed by atoms with Gasteiger partial charge in [0.15, 0.2) is 0 Å². The molecule has 3 heteroatoms. The Morgan fingerprint density at radius 2 is 2.08 bits per heavy atom. The Morgan fingerprint density at radius 1 is 1.38 bits per heavy atom. The average molecular weight is 198 g/mol. The molecule has 1 aromatic rings. The van der Waals surface area contributed by atoms with E-state index in [1.807, 2.05) is 24.3 Å². The third-order valence-corrected chi connectivity index (χ3v) is 2.75. The number of β-amino-alcohol motifs (C(OH)–C–C–N with tert-alkyl or cyclic N) is 1. The van der Waals surface area contributed by atoms with Gasteiger partial charge in [-0.3, -0.25) is 0 Å². The molecule has 13 heavy (non-hydrogen) atoms. The van der Waals surface area contributed by atoms with E-state index >= 15 is 0 Å². The van der Waals surface area contributed by atoms with E-state index in [0.29, 0.717) is 19.5 Å². The van der Waals surface area contributed by atoms with Crippen LogP contribution in [0.5, 0.6) is 0 Å². The summed E-state index contributed by atoms with van der Waals surface area (Å²) in [5, 5.41) is 13.7. The van der Waals surface area contributed by atoms with Crippen LogP contribution >= 0.6 is 11.6 Å². The molecule has 0 radical (unpaired) electrons. The van der Waals surface area contributed by atoms with E-state index in [-0.39, 0.29) is 0 Å². The van der Waals surface area contributed by atoms with Crippen LogP contribution in [0.3, 0.4) is 0 Å². The normalized spacial score (nSPS) is 19.5. The van der Waals surface area contributed by atoms with Gasteiger partial charge >= 0.3 is 0 Å².